The topological polar surface area (TPSA) is 68.1 Å². The van der Waals surface area contributed by atoms with Crippen molar-refractivity contribution in [1.29, 1.82) is 0 Å². The van der Waals surface area contributed by atoms with Gasteiger partial charge < -0.3 is 4.74 Å². The summed E-state index contributed by atoms with van der Waals surface area (Å²) in [5, 5.41) is 6.50. The van der Waals surface area contributed by atoms with E-state index in [-0.39, 0.29) is 5.57 Å². The minimum Gasteiger partial charge on any atom is -0.493 e. The van der Waals surface area contributed by atoms with Gasteiger partial charge in [-0.1, -0.05) is 13.0 Å². The summed E-state index contributed by atoms with van der Waals surface area (Å²) in [6.07, 6.45) is 2.48. The molecule has 0 aromatic heterocycles. The molecule has 0 saturated carbocycles. The zero-order valence-corrected chi connectivity index (χ0v) is 11.8. The highest BCUT2D eigenvalue weighted by atomic mass is 16.5. The van der Waals surface area contributed by atoms with Gasteiger partial charge in [-0.3, -0.25) is 9.59 Å². The summed E-state index contributed by atoms with van der Waals surface area (Å²) in [4.78, 5) is 22.8. The average molecular weight is 272 g/mol. The Balaban J connectivity index is 2.35. The first kappa shape index (κ1) is 14.1. The molecule has 1 aliphatic rings. The first-order valence-corrected chi connectivity index (χ1v) is 6.49. The van der Waals surface area contributed by atoms with Gasteiger partial charge >= 0.3 is 11.8 Å². The fourth-order valence-corrected chi connectivity index (χ4v) is 1.91. The molecule has 1 aliphatic heterocycles. The molecule has 0 bridgehead atoms. The molecule has 2 rings (SSSR count). The lowest BCUT2D eigenvalue weighted by Gasteiger charge is -2.12. The van der Waals surface area contributed by atoms with Crippen molar-refractivity contribution in [2.45, 2.75) is 27.2 Å². The van der Waals surface area contributed by atoms with E-state index in [2.05, 4.69) is 10.2 Å². The van der Waals surface area contributed by atoms with E-state index in [1.54, 1.807) is 0 Å². The van der Waals surface area contributed by atoms with Gasteiger partial charge in [0, 0.05) is 0 Å². The van der Waals surface area contributed by atoms with Gasteiger partial charge in [0.05, 0.1) is 6.61 Å². The zero-order valence-electron chi connectivity index (χ0n) is 11.8. The van der Waals surface area contributed by atoms with E-state index in [9.17, 15) is 9.59 Å². The van der Waals surface area contributed by atoms with Crippen LogP contribution >= 0.6 is 0 Å². The normalized spacial score (nSPS) is 14.1. The third-order valence-electron chi connectivity index (χ3n) is 3.23. The van der Waals surface area contributed by atoms with Gasteiger partial charge in [-0.05, 0) is 49.1 Å². The summed E-state index contributed by atoms with van der Waals surface area (Å²) in [6, 6.07) is 3.68. The number of carbonyl (C=O) groups excluding carboxylic acids is 2. The molecule has 20 heavy (non-hydrogen) atoms. The lowest BCUT2D eigenvalue weighted by Crippen LogP contribution is -2.02. The number of benzene rings is 1. The van der Waals surface area contributed by atoms with Gasteiger partial charge in [0.25, 0.3) is 0 Å². The summed E-state index contributed by atoms with van der Waals surface area (Å²) in [5.41, 5.74) is 2.78. The van der Waals surface area contributed by atoms with Crippen LogP contribution in [-0.2, 0) is 9.59 Å². The van der Waals surface area contributed by atoms with Crippen LogP contribution in [0, 0.1) is 13.8 Å². The maximum Gasteiger partial charge on any atom is 0.301 e. The SMILES string of the molecule is CCCOc1ccc(C=C2C(=O)N=NC2=O)c(C)c1C. The second-order valence-corrected chi connectivity index (χ2v) is 4.62. The molecule has 0 unspecified atom stereocenters. The van der Waals surface area contributed by atoms with E-state index in [1.807, 2.05) is 32.9 Å². The first-order chi connectivity index (χ1) is 9.54. The van der Waals surface area contributed by atoms with E-state index in [4.69, 9.17) is 4.74 Å². The number of ether oxygens (including phenoxy) is 1. The van der Waals surface area contributed by atoms with Crippen LogP contribution in [-0.4, -0.2) is 18.4 Å². The van der Waals surface area contributed by atoms with Crippen molar-refractivity contribution < 1.29 is 14.3 Å². The number of nitrogens with zero attached hydrogens (tertiary/aromatic N) is 2. The maximum atomic E-state index is 11.4. The molecule has 0 N–H and O–H groups in total. The summed E-state index contributed by atoms with van der Waals surface area (Å²) in [6.45, 7) is 6.59. The second-order valence-electron chi connectivity index (χ2n) is 4.62. The number of carbonyl (C=O) groups is 2. The van der Waals surface area contributed by atoms with Gasteiger partial charge in [0.1, 0.15) is 11.3 Å². The predicted octanol–water partition coefficient (Wildman–Crippen LogP) is 2.99. The van der Waals surface area contributed by atoms with Crippen LogP contribution in [0.5, 0.6) is 5.75 Å². The van der Waals surface area contributed by atoms with Crippen LogP contribution in [0.4, 0.5) is 0 Å². The van der Waals surface area contributed by atoms with Crippen molar-refractivity contribution >= 4 is 17.9 Å². The number of azo groups is 1. The highest BCUT2D eigenvalue weighted by molar-refractivity contribution is 6.25. The van der Waals surface area contributed by atoms with Crippen molar-refractivity contribution in [2.24, 2.45) is 10.2 Å². The van der Waals surface area contributed by atoms with Gasteiger partial charge in [-0.2, -0.15) is 0 Å². The number of hydrogen-bond donors (Lipinski definition) is 0. The molecule has 0 aliphatic carbocycles. The third kappa shape index (κ3) is 2.66. The molecule has 0 saturated heterocycles. The van der Waals surface area contributed by atoms with Gasteiger partial charge in [0.15, 0.2) is 0 Å². The Bertz CT molecular complexity index is 610. The largest absolute Gasteiger partial charge is 0.493 e. The third-order valence-corrected chi connectivity index (χ3v) is 3.23. The second kappa shape index (κ2) is 5.77. The minimum atomic E-state index is -0.585. The Kier molecular flexibility index (Phi) is 4.08. The smallest absolute Gasteiger partial charge is 0.301 e. The molecule has 5 nitrogen and oxygen atoms in total. The summed E-state index contributed by atoms with van der Waals surface area (Å²) in [7, 11) is 0. The highest BCUT2D eigenvalue weighted by Crippen LogP contribution is 2.27. The standard InChI is InChI=1S/C15H16N2O3/c1-4-7-20-13-6-5-11(9(2)10(13)3)8-12-14(18)16-17-15(12)19/h5-6,8H,4,7H2,1-3H3. The quantitative estimate of drug-likeness (QED) is 0.625. The monoisotopic (exact) mass is 272 g/mol. The molecule has 0 atom stereocenters. The number of rotatable bonds is 4. The van der Waals surface area contributed by atoms with E-state index < -0.39 is 11.8 Å². The molecule has 1 heterocycles. The Morgan fingerprint density at radius 1 is 1.10 bits per heavy atom. The highest BCUT2D eigenvalue weighted by Gasteiger charge is 2.24. The first-order valence-electron chi connectivity index (χ1n) is 6.49. The Morgan fingerprint density at radius 3 is 2.35 bits per heavy atom. The average Bonchev–Trinajstić information content (AvgIpc) is 2.74. The van der Waals surface area contributed by atoms with Crippen molar-refractivity contribution in [2.75, 3.05) is 6.61 Å². The lowest BCUT2D eigenvalue weighted by molar-refractivity contribution is -0.117. The van der Waals surface area contributed by atoms with Crippen LogP contribution in [0.3, 0.4) is 0 Å². The molecule has 0 radical (unpaired) electrons. The zero-order chi connectivity index (χ0) is 14.7. The molecule has 1 aromatic carbocycles. The minimum absolute atomic E-state index is 0.00901. The van der Waals surface area contributed by atoms with Crippen molar-refractivity contribution in [3.8, 4) is 5.75 Å². The van der Waals surface area contributed by atoms with Crippen molar-refractivity contribution in [3.05, 3.63) is 34.4 Å². The van der Waals surface area contributed by atoms with Crippen LogP contribution in [0.2, 0.25) is 0 Å². The molecule has 5 heteroatoms. The van der Waals surface area contributed by atoms with Crippen LogP contribution in [0.1, 0.15) is 30.0 Å². The number of amides is 2. The molecule has 0 spiro atoms. The van der Waals surface area contributed by atoms with Gasteiger partial charge in [-0.25, -0.2) is 0 Å². The van der Waals surface area contributed by atoms with Gasteiger partial charge in [0.2, 0.25) is 0 Å². The molecule has 1 aromatic rings. The maximum absolute atomic E-state index is 11.4. The lowest BCUT2D eigenvalue weighted by atomic mass is 10.00. The fraction of sp³-hybridized carbons (Fsp3) is 0.333. The molecule has 0 fully saturated rings. The molecule has 104 valence electrons. The van der Waals surface area contributed by atoms with E-state index in [0.29, 0.717) is 6.61 Å². The van der Waals surface area contributed by atoms with E-state index >= 15 is 0 Å². The Labute approximate surface area is 117 Å². The van der Waals surface area contributed by atoms with Crippen LogP contribution < -0.4 is 4.74 Å². The number of hydrogen-bond acceptors (Lipinski definition) is 3. The van der Waals surface area contributed by atoms with Crippen molar-refractivity contribution in [3.63, 3.8) is 0 Å². The van der Waals surface area contributed by atoms with E-state index in [1.165, 1.54) is 6.08 Å². The van der Waals surface area contributed by atoms with Gasteiger partial charge in [-0.15, -0.1) is 10.2 Å². The predicted molar refractivity (Wildman–Crippen MR) is 74.5 cm³/mol. The summed E-state index contributed by atoms with van der Waals surface area (Å²) in [5.74, 6) is -0.346. The van der Waals surface area contributed by atoms with Crippen LogP contribution in [0.15, 0.2) is 27.9 Å². The van der Waals surface area contributed by atoms with Crippen molar-refractivity contribution in [1.82, 2.24) is 0 Å². The summed E-state index contributed by atoms with van der Waals surface area (Å²) < 4.78 is 5.64. The molecular weight excluding hydrogens is 256 g/mol. The summed E-state index contributed by atoms with van der Waals surface area (Å²) >= 11 is 0. The Morgan fingerprint density at radius 2 is 1.75 bits per heavy atom. The molecular formula is C15H16N2O3. The Hall–Kier alpha value is -2.30. The molecule has 2 amide bonds. The van der Waals surface area contributed by atoms with E-state index in [0.717, 1.165) is 28.9 Å². The fourth-order valence-electron chi connectivity index (χ4n) is 1.91. The van der Waals surface area contributed by atoms with Crippen LogP contribution in [0.25, 0.3) is 6.08 Å².